The normalized spacial score (nSPS) is 14.6. The van der Waals surface area contributed by atoms with Crippen LogP contribution in [0.4, 0.5) is 24.5 Å². The zero-order valence-electron chi connectivity index (χ0n) is 20.4. The average molecular weight is 511 g/mol. The molecule has 37 heavy (non-hydrogen) atoms. The van der Waals surface area contributed by atoms with Gasteiger partial charge in [-0.25, -0.2) is 5.84 Å². The summed E-state index contributed by atoms with van der Waals surface area (Å²) < 4.78 is 40.7. The van der Waals surface area contributed by atoms with E-state index in [1.807, 2.05) is 6.92 Å². The third-order valence-corrected chi connectivity index (χ3v) is 6.21. The predicted octanol–water partition coefficient (Wildman–Crippen LogP) is 4.89. The molecule has 0 unspecified atom stereocenters. The summed E-state index contributed by atoms with van der Waals surface area (Å²) in [6.45, 7) is 3.91. The van der Waals surface area contributed by atoms with E-state index in [2.05, 4.69) is 15.2 Å². The third kappa shape index (κ3) is 6.66. The lowest BCUT2D eigenvalue weighted by molar-refractivity contribution is -0.137. The molecule has 0 bridgehead atoms. The Morgan fingerprint density at radius 3 is 2.57 bits per heavy atom. The fraction of sp³-hybridized carbons (Fsp3) is 0.259. The van der Waals surface area contributed by atoms with E-state index in [-0.39, 0.29) is 11.3 Å². The van der Waals surface area contributed by atoms with Gasteiger partial charge in [-0.1, -0.05) is 6.07 Å². The van der Waals surface area contributed by atoms with Gasteiger partial charge in [-0.15, -0.1) is 0 Å². The summed E-state index contributed by atoms with van der Waals surface area (Å²) in [5, 5.41) is 3.92. The van der Waals surface area contributed by atoms with Gasteiger partial charge in [0.2, 0.25) is 0 Å². The second-order valence-electron chi connectivity index (χ2n) is 9.09. The number of alkyl halides is 3. The van der Waals surface area contributed by atoms with E-state index in [1.54, 1.807) is 48.8 Å². The molecule has 7 nitrogen and oxygen atoms in total. The summed E-state index contributed by atoms with van der Waals surface area (Å²) >= 11 is 0. The second-order valence-corrected chi connectivity index (χ2v) is 9.09. The lowest BCUT2D eigenvalue weighted by Gasteiger charge is -2.19. The first-order chi connectivity index (χ1) is 17.6. The van der Waals surface area contributed by atoms with Gasteiger partial charge in [0.1, 0.15) is 0 Å². The zero-order chi connectivity index (χ0) is 26.6. The number of hydrogen-bond acceptors (Lipinski definition) is 6. The lowest BCUT2D eigenvalue weighted by atomic mass is 10.1. The Morgan fingerprint density at radius 1 is 1.14 bits per heavy atom. The van der Waals surface area contributed by atoms with Crippen molar-refractivity contribution in [1.29, 1.82) is 0 Å². The van der Waals surface area contributed by atoms with Gasteiger partial charge in [0, 0.05) is 42.0 Å². The van der Waals surface area contributed by atoms with Crippen LogP contribution in [-0.2, 0) is 12.7 Å². The van der Waals surface area contributed by atoms with E-state index in [4.69, 9.17) is 11.6 Å². The number of nitrogens with zero attached hydrogens (tertiary/aromatic N) is 3. The molecule has 4 rings (SSSR count). The Morgan fingerprint density at radius 2 is 1.89 bits per heavy atom. The van der Waals surface area contributed by atoms with Crippen molar-refractivity contribution in [1.82, 2.24) is 9.88 Å². The molecule has 0 spiro atoms. The molecule has 1 amide bonds. The number of nitrogens with one attached hydrogen (secondary N) is 1. The molecule has 0 atom stereocenters. The molecule has 2 aromatic carbocycles. The third-order valence-electron chi connectivity index (χ3n) is 6.21. The Kier molecular flexibility index (Phi) is 7.80. The summed E-state index contributed by atoms with van der Waals surface area (Å²) in [4.78, 5) is 19.2. The Hall–Kier alpha value is -3.89. The van der Waals surface area contributed by atoms with Crippen LogP contribution in [0.25, 0.3) is 5.70 Å². The summed E-state index contributed by atoms with van der Waals surface area (Å²) in [5.41, 5.74) is 8.50. The Balaban J connectivity index is 1.57. The number of carbonyl (C=O) groups is 1. The van der Waals surface area contributed by atoms with Crippen molar-refractivity contribution in [2.75, 3.05) is 23.4 Å². The summed E-state index contributed by atoms with van der Waals surface area (Å²) in [7, 11) is 0. The van der Waals surface area contributed by atoms with Crippen LogP contribution in [0.2, 0.25) is 0 Å². The zero-order valence-corrected chi connectivity index (χ0v) is 20.4. The van der Waals surface area contributed by atoms with Crippen molar-refractivity contribution in [2.24, 2.45) is 11.6 Å². The smallest absolute Gasteiger partial charge is 0.397 e. The maximum Gasteiger partial charge on any atom is 0.416 e. The maximum atomic E-state index is 13.6. The van der Waals surface area contributed by atoms with Gasteiger partial charge in [-0.2, -0.15) is 13.2 Å². The number of aryl methyl sites for hydroxylation is 1. The van der Waals surface area contributed by atoms with Gasteiger partial charge in [0.15, 0.2) is 0 Å². The number of anilines is 2. The SMILES string of the molecule is Cc1ccc(C(=O)Nc2cc(CN3CCCC3)cc(C(F)(F)F)c2)cc1N(N)/C=C(\N)c1cccnc1. The minimum absolute atomic E-state index is 0.0847. The van der Waals surface area contributed by atoms with E-state index in [9.17, 15) is 18.0 Å². The van der Waals surface area contributed by atoms with Gasteiger partial charge in [-0.05, 0) is 86.4 Å². The summed E-state index contributed by atoms with van der Waals surface area (Å²) in [6, 6.07) is 12.1. The fourth-order valence-electron chi connectivity index (χ4n) is 4.28. The van der Waals surface area contributed by atoms with Gasteiger partial charge < -0.3 is 11.1 Å². The van der Waals surface area contributed by atoms with Crippen LogP contribution >= 0.6 is 0 Å². The van der Waals surface area contributed by atoms with Gasteiger partial charge in [0.05, 0.1) is 16.9 Å². The molecule has 5 N–H and O–H groups in total. The molecular weight excluding hydrogens is 481 g/mol. The van der Waals surface area contributed by atoms with E-state index in [0.29, 0.717) is 29.1 Å². The molecule has 3 aromatic rings. The minimum Gasteiger partial charge on any atom is -0.397 e. The molecule has 10 heteroatoms. The van der Waals surface area contributed by atoms with Crippen LogP contribution in [0.3, 0.4) is 0 Å². The van der Waals surface area contributed by atoms with Crippen molar-refractivity contribution in [3.63, 3.8) is 0 Å². The van der Waals surface area contributed by atoms with Gasteiger partial charge in [0.25, 0.3) is 5.91 Å². The molecule has 1 aliphatic heterocycles. The number of amides is 1. The fourth-order valence-corrected chi connectivity index (χ4v) is 4.28. The van der Waals surface area contributed by atoms with Crippen molar-refractivity contribution in [3.05, 3.63) is 94.9 Å². The molecule has 2 heterocycles. The highest BCUT2D eigenvalue weighted by molar-refractivity contribution is 6.05. The van der Waals surface area contributed by atoms with Crippen LogP contribution in [0, 0.1) is 6.92 Å². The van der Waals surface area contributed by atoms with E-state index in [0.717, 1.165) is 43.6 Å². The first-order valence-electron chi connectivity index (χ1n) is 11.9. The molecule has 1 saturated heterocycles. The number of halogens is 3. The van der Waals surface area contributed by atoms with Gasteiger partial charge in [-0.3, -0.25) is 19.7 Å². The van der Waals surface area contributed by atoms with Crippen LogP contribution < -0.4 is 21.9 Å². The highest BCUT2D eigenvalue weighted by Gasteiger charge is 2.31. The number of nitrogens with two attached hydrogens (primary N) is 2. The van der Waals surface area contributed by atoms with Crippen LogP contribution in [-0.4, -0.2) is 28.9 Å². The number of pyridine rings is 1. The molecule has 0 radical (unpaired) electrons. The number of likely N-dealkylation sites (tertiary alicyclic amines) is 1. The van der Waals surface area contributed by atoms with Gasteiger partial charge >= 0.3 is 6.18 Å². The quantitative estimate of drug-likeness (QED) is 0.309. The number of aromatic nitrogens is 1. The minimum atomic E-state index is -4.53. The van der Waals surface area contributed by atoms with Crippen LogP contribution in [0.1, 0.15) is 45.5 Å². The highest BCUT2D eigenvalue weighted by atomic mass is 19.4. The summed E-state index contributed by atoms with van der Waals surface area (Å²) in [6.07, 6.45) is 2.27. The van der Waals surface area contributed by atoms with Crippen molar-refractivity contribution >= 4 is 23.0 Å². The van der Waals surface area contributed by atoms with Crippen LogP contribution in [0.15, 0.2) is 67.1 Å². The molecule has 1 fully saturated rings. The average Bonchev–Trinajstić information content (AvgIpc) is 3.37. The molecule has 1 aliphatic rings. The number of hydrazine groups is 1. The van der Waals surface area contributed by atoms with E-state index < -0.39 is 17.6 Å². The molecule has 0 aliphatic carbocycles. The monoisotopic (exact) mass is 510 g/mol. The van der Waals surface area contributed by atoms with E-state index >= 15 is 0 Å². The summed E-state index contributed by atoms with van der Waals surface area (Å²) in [5.74, 6) is 5.67. The second kappa shape index (κ2) is 11.0. The van der Waals surface area contributed by atoms with Crippen molar-refractivity contribution in [3.8, 4) is 0 Å². The highest BCUT2D eigenvalue weighted by Crippen LogP contribution is 2.33. The van der Waals surface area contributed by atoms with E-state index in [1.165, 1.54) is 11.2 Å². The number of carbonyl (C=O) groups excluding carboxylic acids is 1. The first-order valence-corrected chi connectivity index (χ1v) is 11.9. The Bertz CT molecular complexity index is 1290. The number of rotatable bonds is 7. The predicted molar refractivity (Wildman–Crippen MR) is 138 cm³/mol. The molecule has 194 valence electrons. The Labute approximate surface area is 213 Å². The number of benzene rings is 2. The standard InChI is InChI=1S/C27H29F3N6O/c1-18-6-7-20(13-25(18)36(32)17-24(31)21-5-4-8-33-15-21)26(37)34-23-12-19(16-35-9-2-3-10-35)11-22(14-23)27(28,29)30/h4-8,11-15,17H,2-3,9-10,16,31-32H2,1H3,(H,34,37)/b24-17-. The van der Waals surface area contributed by atoms with Crippen molar-refractivity contribution in [2.45, 2.75) is 32.5 Å². The first kappa shape index (κ1) is 26.2. The molecule has 0 saturated carbocycles. The van der Waals surface area contributed by atoms with Crippen LogP contribution in [0.5, 0.6) is 0 Å². The van der Waals surface area contributed by atoms with Crippen molar-refractivity contribution < 1.29 is 18.0 Å². The lowest BCUT2D eigenvalue weighted by Crippen LogP contribution is -2.27. The maximum absolute atomic E-state index is 13.6. The largest absolute Gasteiger partial charge is 0.416 e. The number of hydrogen-bond donors (Lipinski definition) is 3. The molecular formula is C27H29F3N6O. The topological polar surface area (TPSA) is 101 Å². The molecule has 1 aromatic heterocycles.